The van der Waals surface area contributed by atoms with Crippen LogP contribution in [0.25, 0.3) is 0 Å². The molecule has 0 N–H and O–H groups in total. The molecule has 0 radical (unpaired) electrons. The van der Waals surface area contributed by atoms with Crippen molar-refractivity contribution < 1.29 is 22.7 Å². The molecule has 0 saturated carbocycles. The normalized spacial score (nSPS) is 11.6. The van der Waals surface area contributed by atoms with Crippen molar-refractivity contribution >= 4 is 5.78 Å². The highest BCUT2D eigenvalue weighted by Gasteiger charge is 2.31. The Kier molecular flexibility index (Phi) is 4.15. The van der Waals surface area contributed by atoms with Gasteiger partial charge in [0.2, 0.25) is 0 Å². The van der Waals surface area contributed by atoms with Gasteiger partial charge in [0.1, 0.15) is 5.75 Å². The third-order valence-electron chi connectivity index (χ3n) is 1.98. The van der Waals surface area contributed by atoms with Crippen LogP contribution in [0.3, 0.4) is 0 Å². The Morgan fingerprint density at radius 1 is 1.35 bits per heavy atom. The van der Waals surface area contributed by atoms with Crippen molar-refractivity contribution in [3.8, 4) is 5.75 Å². The average Bonchev–Trinajstić information content (AvgIpc) is 2.14. The predicted molar refractivity (Wildman–Crippen MR) is 56.9 cm³/mol. The van der Waals surface area contributed by atoms with Crippen molar-refractivity contribution in [2.24, 2.45) is 5.92 Å². The number of ether oxygens (including phenoxy) is 1. The van der Waals surface area contributed by atoms with Crippen LogP contribution in [0.15, 0.2) is 24.3 Å². The summed E-state index contributed by atoms with van der Waals surface area (Å²) < 4.78 is 39.7. The smallest absolute Gasteiger partial charge is 0.406 e. The Morgan fingerprint density at radius 3 is 2.53 bits per heavy atom. The Morgan fingerprint density at radius 2 is 2.00 bits per heavy atom. The van der Waals surface area contributed by atoms with E-state index in [4.69, 9.17) is 0 Å². The lowest BCUT2D eigenvalue weighted by Crippen LogP contribution is -2.17. The van der Waals surface area contributed by atoms with Crippen LogP contribution in [0.4, 0.5) is 13.2 Å². The zero-order valence-corrected chi connectivity index (χ0v) is 9.54. The molecule has 0 fully saturated rings. The van der Waals surface area contributed by atoms with Gasteiger partial charge in [-0.2, -0.15) is 0 Å². The van der Waals surface area contributed by atoms with Gasteiger partial charge in [-0.3, -0.25) is 4.79 Å². The second kappa shape index (κ2) is 5.21. The number of ketones is 1. The molecule has 0 bridgehead atoms. The molecule has 0 saturated heterocycles. The van der Waals surface area contributed by atoms with Gasteiger partial charge < -0.3 is 4.74 Å². The van der Waals surface area contributed by atoms with Crippen LogP contribution >= 0.6 is 0 Å². The largest absolute Gasteiger partial charge is 0.573 e. The summed E-state index contributed by atoms with van der Waals surface area (Å²) >= 11 is 0. The van der Waals surface area contributed by atoms with Gasteiger partial charge >= 0.3 is 6.36 Å². The molecule has 2 nitrogen and oxygen atoms in total. The summed E-state index contributed by atoms with van der Waals surface area (Å²) in [5.41, 5.74) is 0.237. The van der Waals surface area contributed by atoms with Crippen molar-refractivity contribution in [3.05, 3.63) is 29.8 Å². The minimum absolute atomic E-state index is 0.162. The van der Waals surface area contributed by atoms with Crippen LogP contribution < -0.4 is 4.74 Å². The number of rotatable bonds is 4. The lowest BCUT2D eigenvalue weighted by molar-refractivity contribution is -0.274. The molecule has 1 rings (SSSR count). The van der Waals surface area contributed by atoms with Crippen molar-refractivity contribution in [1.82, 2.24) is 0 Å². The number of hydrogen-bond acceptors (Lipinski definition) is 2. The van der Waals surface area contributed by atoms with Gasteiger partial charge in [-0.05, 0) is 18.1 Å². The third-order valence-corrected chi connectivity index (χ3v) is 1.98. The number of hydrogen-bond donors (Lipinski definition) is 0. The van der Waals surface area contributed by atoms with Gasteiger partial charge in [0.15, 0.2) is 5.78 Å². The van der Waals surface area contributed by atoms with Crippen LogP contribution in [0, 0.1) is 5.92 Å². The maximum absolute atomic E-state index is 12.0. The van der Waals surface area contributed by atoms with E-state index in [-0.39, 0.29) is 23.0 Å². The van der Waals surface area contributed by atoms with E-state index in [0.717, 1.165) is 6.07 Å². The molecule has 0 unspecified atom stereocenters. The zero-order valence-electron chi connectivity index (χ0n) is 9.54. The molecular formula is C12H13F3O2. The van der Waals surface area contributed by atoms with Gasteiger partial charge in [-0.1, -0.05) is 26.0 Å². The molecule has 0 aliphatic heterocycles. The number of carbonyl (C=O) groups excluding carboxylic acids is 1. The number of benzene rings is 1. The van der Waals surface area contributed by atoms with E-state index < -0.39 is 6.36 Å². The number of alkyl halides is 3. The maximum Gasteiger partial charge on any atom is 0.573 e. The Balaban J connectivity index is 2.82. The summed E-state index contributed by atoms with van der Waals surface area (Å²) in [6.07, 6.45) is -4.44. The first-order valence-corrected chi connectivity index (χ1v) is 5.17. The van der Waals surface area contributed by atoms with Crippen LogP contribution in [0.2, 0.25) is 0 Å². The number of halogens is 3. The molecule has 94 valence electrons. The summed E-state index contributed by atoms with van der Waals surface area (Å²) in [5.74, 6) is -0.394. The maximum atomic E-state index is 12.0. The van der Waals surface area contributed by atoms with Crippen LogP contribution in [0.5, 0.6) is 5.75 Å². The molecule has 0 aliphatic carbocycles. The fourth-order valence-corrected chi connectivity index (χ4v) is 1.36. The second-order valence-electron chi connectivity index (χ2n) is 4.10. The van der Waals surface area contributed by atoms with Crippen molar-refractivity contribution in [3.63, 3.8) is 0 Å². The lowest BCUT2D eigenvalue weighted by Gasteiger charge is -2.10. The van der Waals surface area contributed by atoms with E-state index in [1.54, 1.807) is 0 Å². The topological polar surface area (TPSA) is 26.3 Å². The SMILES string of the molecule is CC(C)CC(=O)c1cccc(OC(F)(F)F)c1. The highest BCUT2D eigenvalue weighted by molar-refractivity contribution is 5.96. The summed E-state index contributed by atoms with van der Waals surface area (Å²) in [5, 5.41) is 0. The minimum Gasteiger partial charge on any atom is -0.406 e. The Labute approximate surface area is 97.4 Å². The van der Waals surface area contributed by atoms with Crippen molar-refractivity contribution in [1.29, 1.82) is 0 Å². The van der Waals surface area contributed by atoms with Gasteiger partial charge in [0, 0.05) is 12.0 Å². The lowest BCUT2D eigenvalue weighted by atomic mass is 10.0. The highest BCUT2D eigenvalue weighted by Crippen LogP contribution is 2.24. The van der Waals surface area contributed by atoms with E-state index >= 15 is 0 Å². The summed E-state index contributed by atoms with van der Waals surface area (Å²) in [7, 11) is 0. The van der Waals surface area contributed by atoms with E-state index in [1.165, 1.54) is 18.2 Å². The van der Waals surface area contributed by atoms with Crippen molar-refractivity contribution in [2.45, 2.75) is 26.6 Å². The van der Waals surface area contributed by atoms with Crippen LogP contribution in [-0.2, 0) is 0 Å². The van der Waals surface area contributed by atoms with Gasteiger partial charge in [0.05, 0.1) is 0 Å². The third kappa shape index (κ3) is 4.89. The predicted octanol–water partition coefficient (Wildman–Crippen LogP) is 3.81. The standard InChI is InChI=1S/C12H13F3O2/c1-8(2)6-11(16)9-4-3-5-10(7-9)17-12(13,14)15/h3-5,7-8H,6H2,1-2H3. The molecule has 5 heteroatoms. The number of carbonyl (C=O) groups is 1. The monoisotopic (exact) mass is 246 g/mol. The molecule has 0 heterocycles. The highest BCUT2D eigenvalue weighted by atomic mass is 19.4. The average molecular weight is 246 g/mol. The molecule has 0 spiro atoms. The summed E-state index contributed by atoms with van der Waals surface area (Å²) in [6, 6.07) is 5.13. The van der Waals surface area contributed by atoms with Gasteiger partial charge in [-0.25, -0.2) is 0 Å². The van der Waals surface area contributed by atoms with Crippen molar-refractivity contribution in [2.75, 3.05) is 0 Å². The van der Waals surface area contributed by atoms with E-state index in [2.05, 4.69) is 4.74 Å². The van der Waals surface area contributed by atoms with Crippen LogP contribution in [-0.4, -0.2) is 12.1 Å². The minimum atomic E-state index is -4.74. The fourth-order valence-electron chi connectivity index (χ4n) is 1.36. The van der Waals surface area contributed by atoms with Gasteiger partial charge in [-0.15, -0.1) is 13.2 Å². The molecule has 17 heavy (non-hydrogen) atoms. The summed E-state index contributed by atoms with van der Waals surface area (Å²) in [4.78, 5) is 11.6. The molecular weight excluding hydrogens is 233 g/mol. The molecule has 0 amide bonds. The molecule has 0 aromatic heterocycles. The van der Waals surface area contributed by atoms with Crippen LogP contribution in [0.1, 0.15) is 30.6 Å². The first kappa shape index (κ1) is 13.5. The first-order chi connectivity index (χ1) is 7.78. The second-order valence-corrected chi connectivity index (χ2v) is 4.10. The van der Waals surface area contributed by atoms with Gasteiger partial charge in [0.25, 0.3) is 0 Å². The van der Waals surface area contributed by atoms with E-state index in [0.29, 0.717) is 6.42 Å². The zero-order chi connectivity index (χ0) is 13.1. The summed E-state index contributed by atoms with van der Waals surface area (Å²) in [6.45, 7) is 3.74. The molecule has 0 atom stereocenters. The fraction of sp³-hybridized carbons (Fsp3) is 0.417. The van der Waals surface area contributed by atoms with E-state index in [9.17, 15) is 18.0 Å². The molecule has 1 aromatic carbocycles. The Bertz CT molecular complexity index is 397. The molecule has 1 aromatic rings. The first-order valence-electron chi connectivity index (χ1n) is 5.17. The number of Topliss-reactive ketones (excluding diaryl/α,β-unsaturated/α-hetero) is 1. The molecule has 0 aliphatic rings. The quantitative estimate of drug-likeness (QED) is 0.755. The Hall–Kier alpha value is -1.52. The van der Waals surface area contributed by atoms with E-state index in [1.807, 2.05) is 13.8 Å².